The second-order valence-electron chi connectivity index (χ2n) is 6.00. The molecule has 0 spiro atoms. The Kier molecular flexibility index (Phi) is 10.4. The zero-order valence-electron chi connectivity index (χ0n) is 13.2. The molecule has 0 radical (unpaired) electrons. The number of nitrogens with one attached hydrogen (secondary N) is 2. The van der Waals surface area contributed by atoms with Crippen molar-refractivity contribution in [3.8, 4) is 0 Å². The number of rotatable bonds is 11. The molecule has 0 aromatic carbocycles. The maximum absolute atomic E-state index is 3.60. The van der Waals surface area contributed by atoms with Crippen LogP contribution in [-0.2, 0) is 0 Å². The van der Waals surface area contributed by atoms with Crippen LogP contribution in [0.4, 0.5) is 0 Å². The first-order valence-electron chi connectivity index (χ1n) is 8.49. The maximum atomic E-state index is 3.60. The van der Waals surface area contributed by atoms with Gasteiger partial charge in [-0.3, -0.25) is 0 Å². The summed E-state index contributed by atoms with van der Waals surface area (Å²) >= 11 is 0. The summed E-state index contributed by atoms with van der Waals surface area (Å²) in [6.45, 7) is 11.8. The summed E-state index contributed by atoms with van der Waals surface area (Å²) in [7, 11) is 0. The molecule has 1 fully saturated rings. The monoisotopic (exact) mass is 269 g/mol. The summed E-state index contributed by atoms with van der Waals surface area (Å²) in [5, 5.41) is 7.15. The largest absolute Gasteiger partial charge is 0.314 e. The Morgan fingerprint density at radius 1 is 1.00 bits per heavy atom. The SMILES string of the molecule is CCCCCC(C)NCCNCCN1CCCCC1. The second-order valence-corrected chi connectivity index (χ2v) is 6.00. The standard InChI is InChI=1S/C16H35N3/c1-3-4-6-9-16(2)18-11-10-17-12-15-19-13-7-5-8-14-19/h16-18H,3-15H2,1-2H3. The minimum absolute atomic E-state index is 0.676. The third kappa shape index (κ3) is 9.42. The molecule has 19 heavy (non-hydrogen) atoms. The van der Waals surface area contributed by atoms with Gasteiger partial charge in [-0.1, -0.05) is 32.6 Å². The summed E-state index contributed by atoms with van der Waals surface area (Å²) in [5.41, 5.74) is 0. The summed E-state index contributed by atoms with van der Waals surface area (Å²) in [4.78, 5) is 2.59. The van der Waals surface area contributed by atoms with E-state index in [9.17, 15) is 0 Å². The van der Waals surface area contributed by atoms with Crippen molar-refractivity contribution in [2.24, 2.45) is 0 Å². The van der Waals surface area contributed by atoms with E-state index < -0.39 is 0 Å². The molecule has 3 heteroatoms. The summed E-state index contributed by atoms with van der Waals surface area (Å²) in [6.07, 6.45) is 9.62. The van der Waals surface area contributed by atoms with Gasteiger partial charge < -0.3 is 15.5 Å². The molecule has 0 bridgehead atoms. The van der Waals surface area contributed by atoms with Gasteiger partial charge in [-0.25, -0.2) is 0 Å². The highest BCUT2D eigenvalue weighted by atomic mass is 15.1. The van der Waals surface area contributed by atoms with Gasteiger partial charge in [0.15, 0.2) is 0 Å². The van der Waals surface area contributed by atoms with Crippen LogP contribution in [0.1, 0.15) is 58.8 Å². The number of piperidine rings is 1. The van der Waals surface area contributed by atoms with Crippen LogP contribution >= 0.6 is 0 Å². The van der Waals surface area contributed by atoms with E-state index in [1.165, 1.54) is 64.6 Å². The molecule has 1 aliphatic heterocycles. The van der Waals surface area contributed by atoms with Crippen LogP contribution in [0.15, 0.2) is 0 Å². The summed E-state index contributed by atoms with van der Waals surface area (Å²) in [5.74, 6) is 0. The van der Waals surface area contributed by atoms with Crippen molar-refractivity contribution >= 4 is 0 Å². The van der Waals surface area contributed by atoms with Crippen LogP contribution in [-0.4, -0.2) is 50.2 Å². The molecule has 0 saturated carbocycles. The molecule has 0 aromatic rings. The lowest BCUT2D eigenvalue weighted by Crippen LogP contribution is -2.38. The zero-order valence-corrected chi connectivity index (χ0v) is 13.2. The van der Waals surface area contributed by atoms with Gasteiger partial charge in [-0.2, -0.15) is 0 Å². The molecule has 0 amide bonds. The molecule has 0 aliphatic carbocycles. The van der Waals surface area contributed by atoms with Crippen LogP contribution in [0.3, 0.4) is 0 Å². The molecular formula is C16H35N3. The van der Waals surface area contributed by atoms with Gasteiger partial charge in [0.05, 0.1) is 0 Å². The third-order valence-electron chi connectivity index (χ3n) is 4.09. The average Bonchev–Trinajstić information content (AvgIpc) is 2.44. The predicted octanol–water partition coefficient (Wildman–Crippen LogP) is 2.62. The molecule has 1 aliphatic rings. The summed E-state index contributed by atoms with van der Waals surface area (Å²) < 4.78 is 0. The van der Waals surface area contributed by atoms with Gasteiger partial charge in [0.25, 0.3) is 0 Å². The Hall–Kier alpha value is -0.120. The topological polar surface area (TPSA) is 27.3 Å². The Bertz CT molecular complexity index is 190. The van der Waals surface area contributed by atoms with Gasteiger partial charge in [0.1, 0.15) is 0 Å². The van der Waals surface area contributed by atoms with Crippen molar-refractivity contribution in [1.29, 1.82) is 0 Å². The molecule has 114 valence electrons. The van der Waals surface area contributed by atoms with E-state index in [0.717, 1.165) is 19.6 Å². The number of hydrogen-bond donors (Lipinski definition) is 2. The number of nitrogens with zero attached hydrogens (tertiary/aromatic N) is 1. The Balaban J connectivity index is 1.82. The van der Waals surface area contributed by atoms with Crippen molar-refractivity contribution in [1.82, 2.24) is 15.5 Å². The number of hydrogen-bond acceptors (Lipinski definition) is 3. The first-order chi connectivity index (χ1) is 9.33. The number of likely N-dealkylation sites (tertiary alicyclic amines) is 1. The average molecular weight is 269 g/mol. The molecule has 3 nitrogen and oxygen atoms in total. The van der Waals surface area contributed by atoms with E-state index in [1.807, 2.05) is 0 Å². The van der Waals surface area contributed by atoms with Crippen LogP contribution in [0.2, 0.25) is 0 Å². The van der Waals surface area contributed by atoms with Crippen molar-refractivity contribution in [3.63, 3.8) is 0 Å². The lowest BCUT2D eigenvalue weighted by molar-refractivity contribution is 0.229. The number of unbranched alkanes of at least 4 members (excludes halogenated alkanes) is 2. The van der Waals surface area contributed by atoms with E-state index in [-0.39, 0.29) is 0 Å². The third-order valence-corrected chi connectivity index (χ3v) is 4.09. The minimum Gasteiger partial charge on any atom is -0.314 e. The minimum atomic E-state index is 0.676. The molecule has 1 unspecified atom stereocenters. The van der Waals surface area contributed by atoms with Crippen LogP contribution < -0.4 is 10.6 Å². The first kappa shape index (κ1) is 16.9. The molecule has 1 saturated heterocycles. The Morgan fingerprint density at radius 2 is 1.79 bits per heavy atom. The predicted molar refractivity (Wildman–Crippen MR) is 84.8 cm³/mol. The first-order valence-corrected chi connectivity index (χ1v) is 8.49. The fraction of sp³-hybridized carbons (Fsp3) is 1.00. The molecule has 0 aromatic heterocycles. The highest BCUT2D eigenvalue weighted by molar-refractivity contribution is 4.66. The van der Waals surface area contributed by atoms with Gasteiger partial charge in [0.2, 0.25) is 0 Å². The molecular weight excluding hydrogens is 234 g/mol. The lowest BCUT2D eigenvalue weighted by atomic mass is 10.1. The van der Waals surface area contributed by atoms with E-state index in [4.69, 9.17) is 0 Å². The van der Waals surface area contributed by atoms with Gasteiger partial charge in [-0.15, -0.1) is 0 Å². The molecule has 1 rings (SSSR count). The zero-order chi connectivity index (χ0) is 13.8. The van der Waals surface area contributed by atoms with Crippen molar-refractivity contribution in [2.75, 3.05) is 39.3 Å². The van der Waals surface area contributed by atoms with Gasteiger partial charge >= 0.3 is 0 Å². The Morgan fingerprint density at radius 3 is 2.53 bits per heavy atom. The highest BCUT2D eigenvalue weighted by Gasteiger charge is 2.08. The van der Waals surface area contributed by atoms with E-state index >= 15 is 0 Å². The van der Waals surface area contributed by atoms with Crippen molar-refractivity contribution in [3.05, 3.63) is 0 Å². The normalized spacial score (nSPS) is 18.6. The van der Waals surface area contributed by atoms with E-state index in [2.05, 4.69) is 29.4 Å². The lowest BCUT2D eigenvalue weighted by Gasteiger charge is -2.26. The maximum Gasteiger partial charge on any atom is 0.0107 e. The molecule has 1 heterocycles. The molecule has 2 N–H and O–H groups in total. The van der Waals surface area contributed by atoms with Gasteiger partial charge in [0, 0.05) is 32.2 Å². The van der Waals surface area contributed by atoms with Gasteiger partial charge in [-0.05, 0) is 39.3 Å². The van der Waals surface area contributed by atoms with Crippen molar-refractivity contribution in [2.45, 2.75) is 64.8 Å². The smallest absolute Gasteiger partial charge is 0.0107 e. The Labute approximate surface area is 120 Å². The van der Waals surface area contributed by atoms with Crippen LogP contribution in [0, 0.1) is 0 Å². The van der Waals surface area contributed by atoms with Crippen LogP contribution in [0.25, 0.3) is 0 Å². The van der Waals surface area contributed by atoms with E-state index in [0.29, 0.717) is 6.04 Å². The van der Waals surface area contributed by atoms with Crippen LogP contribution in [0.5, 0.6) is 0 Å². The molecule has 1 atom stereocenters. The quantitative estimate of drug-likeness (QED) is 0.565. The summed E-state index contributed by atoms with van der Waals surface area (Å²) in [6, 6.07) is 0.676. The fourth-order valence-electron chi connectivity index (χ4n) is 2.75. The van der Waals surface area contributed by atoms with Crippen molar-refractivity contribution < 1.29 is 0 Å². The van der Waals surface area contributed by atoms with E-state index in [1.54, 1.807) is 0 Å². The fourth-order valence-corrected chi connectivity index (χ4v) is 2.75. The highest BCUT2D eigenvalue weighted by Crippen LogP contribution is 2.07. The second kappa shape index (κ2) is 11.7.